The minimum absolute atomic E-state index is 0.0339. The van der Waals surface area contributed by atoms with Gasteiger partial charge in [0.05, 0.1) is 4.90 Å². The van der Waals surface area contributed by atoms with Crippen LogP contribution in [0.4, 0.5) is 0 Å². The average molecular weight is 320 g/mol. The van der Waals surface area contributed by atoms with Gasteiger partial charge in [-0.3, -0.25) is 0 Å². The second kappa shape index (κ2) is 7.16. The van der Waals surface area contributed by atoms with Crippen LogP contribution in [0.3, 0.4) is 0 Å². The molecule has 0 spiro atoms. The number of carbonyl (C=O) groups is 1. The number of hydrogen-bond donors (Lipinski definition) is 2. The van der Waals surface area contributed by atoms with Crippen LogP contribution in [-0.4, -0.2) is 50.6 Å². The highest BCUT2D eigenvalue weighted by atomic mass is 32.2. The van der Waals surface area contributed by atoms with Gasteiger partial charge in [-0.25, -0.2) is 17.9 Å². The molecule has 0 aromatic carbocycles. The fourth-order valence-electron chi connectivity index (χ4n) is 1.79. The van der Waals surface area contributed by atoms with Crippen LogP contribution < -0.4 is 4.72 Å². The van der Waals surface area contributed by atoms with E-state index in [1.165, 1.54) is 6.07 Å². The summed E-state index contributed by atoms with van der Waals surface area (Å²) in [6.45, 7) is 8.29. The van der Waals surface area contributed by atoms with Crippen LogP contribution in [0.15, 0.2) is 11.0 Å². The first kappa shape index (κ1) is 17.1. The molecule has 0 aliphatic heterocycles. The molecule has 0 saturated carbocycles. The van der Waals surface area contributed by atoms with Crippen molar-refractivity contribution in [2.75, 3.05) is 26.2 Å². The molecule has 0 fully saturated rings. The summed E-state index contributed by atoms with van der Waals surface area (Å²) in [5.74, 6) is -1.11. The molecule has 0 saturated heterocycles. The fourth-order valence-corrected chi connectivity index (χ4v) is 4.24. The third-order valence-corrected chi connectivity index (χ3v) is 5.74. The highest BCUT2D eigenvalue weighted by Crippen LogP contribution is 2.25. The molecular formula is C12H20N2O4S2. The molecule has 0 bridgehead atoms. The van der Waals surface area contributed by atoms with Crippen LogP contribution in [0, 0.1) is 6.92 Å². The molecule has 1 aromatic heterocycles. The van der Waals surface area contributed by atoms with Gasteiger partial charge in [-0.2, -0.15) is 0 Å². The quantitative estimate of drug-likeness (QED) is 0.755. The van der Waals surface area contributed by atoms with Crippen LogP contribution in [0.25, 0.3) is 0 Å². The Kier molecular flexibility index (Phi) is 6.12. The number of sulfonamides is 1. The standard InChI is InChI=1S/C12H20N2O4S2/c1-4-14(5-2)7-6-13-20(17,18)11-8-10(12(15)16)19-9(11)3/h8,13H,4-7H2,1-3H3,(H,15,16). The molecule has 0 atom stereocenters. The van der Waals surface area contributed by atoms with Gasteiger partial charge in [0.15, 0.2) is 0 Å². The van der Waals surface area contributed by atoms with Gasteiger partial charge in [0.25, 0.3) is 0 Å². The van der Waals surface area contributed by atoms with Crippen LogP contribution in [0.2, 0.25) is 0 Å². The number of rotatable bonds is 8. The number of nitrogens with zero attached hydrogens (tertiary/aromatic N) is 1. The van der Waals surface area contributed by atoms with Gasteiger partial charge in [0, 0.05) is 18.0 Å². The second-order valence-electron chi connectivity index (χ2n) is 4.26. The molecule has 1 heterocycles. The zero-order chi connectivity index (χ0) is 15.3. The largest absolute Gasteiger partial charge is 0.477 e. The van der Waals surface area contributed by atoms with Crippen LogP contribution in [-0.2, 0) is 10.0 Å². The molecule has 6 nitrogen and oxygen atoms in total. The van der Waals surface area contributed by atoms with Crippen molar-refractivity contribution in [3.05, 3.63) is 15.8 Å². The van der Waals surface area contributed by atoms with E-state index < -0.39 is 16.0 Å². The lowest BCUT2D eigenvalue weighted by atomic mass is 10.4. The monoisotopic (exact) mass is 320 g/mol. The Labute approximate surface area is 123 Å². The maximum absolute atomic E-state index is 12.1. The first-order valence-corrected chi connectivity index (χ1v) is 8.67. The van der Waals surface area contributed by atoms with E-state index in [1.807, 2.05) is 13.8 Å². The van der Waals surface area contributed by atoms with Crippen molar-refractivity contribution in [2.24, 2.45) is 0 Å². The molecule has 8 heteroatoms. The van der Waals surface area contributed by atoms with E-state index in [9.17, 15) is 13.2 Å². The van der Waals surface area contributed by atoms with Gasteiger partial charge in [-0.1, -0.05) is 13.8 Å². The molecule has 0 radical (unpaired) electrons. The lowest BCUT2D eigenvalue weighted by Gasteiger charge is -2.17. The number of thiophene rings is 1. The van der Waals surface area contributed by atoms with E-state index in [2.05, 4.69) is 9.62 Å². The Hall–Kier alpha value is -0.960. The molecular weight excluding hydrogens is 300 g/mol. The maximum Gasteiger partial charge on any atom is 0.345 e. The van der Waals surface area contributed by atoms with Crippen molar-refractivity contribution in [1.82, 2.24) is 9.62 Å². The summed E-state index contributed by atoms with van der Waals surface area (Å²) in [6, 6.07) is 1.21. The molecule has 114 valence electrons. The number of likely N-dealkylation sites (N-methyl/N-ethyl adjacent to an activating group) is 1. The number of aromatic carboxylic acids is 1. The highest BCUT2D eigenvalue weighted by Gasteiger charge is 2.21. The van der Waals surface area contributed by atoms with Gasteiger partial charge in [-0.05, 0) is 26.1 Å². The van der Waals surface area contributed by atoms with Gasteiger partial charge >= 0.3 is 5.97 Å². The molecule has 20 heavy (non-hydrogen) atoms. The topological polar surface area (TPSA) is 86.7 Å². The Balaban J connectivity index is 2.76. The number of carboxylic acids is 1. The first-order valence-electron chi connectivity index (χ1n) is 6.37. The lowest BCUT2D eigenvalue weighted by molar-refractivity contribution is 0.0702. The number of hydrogen-bond acceptors (Lipinski definition) is 5. The van der Waals surface area contributed by atoms with E-state index in [4.69, 9.17) is 5.11 Å². The summed E-state index contributed by atoms with van der Waals surface area (Å²) >= 11 is 0.969. The molecule has 0 aliphatic rings. The van der Waals surface area contributed by atoms with Crippen LogP contribution in [0.1, 0.15) is 28.4 Å². The number of carboxylic acid groups (broad SMARTS) is 1. The number of aryl methyl sites for hydroxylation is 1. The average Bonchev–Trinajstić information content (AvgIpc) is 2.78. The van der Waals surface area contributed by atoms with Crippen molar-refractivity contribution in [2.45, 2.75) is 25.7 Å². The van der Waals surface area contributed by atoms with Crippen molar-refractivity contribution in [3.8, 4) is 0 Å². The second-order valence-corrected chi connectivity index (χ2v) is 7.25. The molecule has 0 amide bonds. The molecule has 0 aliphatic carbocycles. The van der Waals surface area contributed by atoms with Crippen molar-refractivity contribution >= 4 is 27.3 Å². The van der Waals surface area contributed by atoms with Gasteiger partial charge < -0.3 is 10.0 Å². The third kappa shape index (κ3) is 4.27. The molecule has 0 unspecified atom stereocenters. The Bertz CT molecular complexity index is 562. The fraction of sp³-hybridized carbons (Fsp3) is 0.583. The summed E-state index contributed by atoms with van der Waals surface area (Å²) in [5.41, 5.74) is 0. The Morgan fingerprint density at radius 1 is 1.40 bits per heavy atom. The summed E-state index contributed by atoms with van der Waals surface area (Å²) < 4.78 is 26.8. The highest BCUT2D eigenvalue weighted by molar-refractivity contribution is 7.89. The minimum atomic E-state index is -3.65. The first-order chi connectivity index (χ1) is 9.31. The Morgan fingerprint density at radius 2 is 2.00 bits per heavy atom. The predicted molar refractivity (Wildman–Crippen MR) is 79.0 cm³/mol. The molecule has 1 rings (SSSR count). The molecule has 1 aromatic rings. The van der Waals surface area contributed by atoms with Gasteiger partial charge in [0.1, 0.15) is 4.88 Å². The van der Waals surface area contributed by atoms with E-state index in [-0.39, 0.29) is 9.77 Å². The SMILES string of the molecule is CCN(CC)CCNS(=O)(=O)c1cc(C(=O)O)sc1C. The smallest absolute Gasteiger partial charge is 0.345 e. The van der Waals surface area contributed by atoms with E-state index in [1.54, 1.807) is 6.92 Å². The zero-order valence-corrected chi connectivity index (χ0v) is 13.5. The lowest BCUT2D eigenvalue weighted by Crippen LogP contribution is -2.34. The van der Waals surface area contributed by atoms with Crippen LogP contribution >= 0.6 is 11.3 Å². The minimum Gasteiger partial charge on any atom is -0.477 e. The Morgan fingerprint density at radius 3 is 2.45 bits per heavy atom. The third-order valence-electron chi connectivity index (χ3n) is 2.99. The van der Waals surface area contributed by atoms with Gasteiger partial charge in [0.2, 0.25) is 10.0 Å². The summed E-state index contributed by atoms with van der Waals surface area (Å²) in [6.07, 6.45) is 0. The van der Waals surface area contributed by atoms with Crippen molar-refractivity contribution in [3.63, 3.8) is 0 Å². The summed E-state index contributed by atoms with van der Waals surface area (Å²) in [7, 11) is -3.65. The van der Waals surface area contributed by atoms with E-state index in [0.717, 1.165) is 24.4 Å². The number of nitrogens with one attached hydrogen (secondary N) is 1. The zero-order valence-electron chi connectivity index (χ0n) is 11.8. The van der Waals surface area contributed by atoms with Crippen molar-refractivity contribution in [1.29, 1.82) is 0 Å². The maximum atomic E-state index is 12.1. The normalized spacial score (nSPS) is 12.0. The van der Waals surface area contributed by atoms with Crippen LogP contribution in [0.5, 0.6) is 0 Å². The molecule has 2 N–H and O–H groups in total. The van der Waals surface area contributed by atoms with Gasteiger partial charge in [-0.15, -0.1) is 11.3 Å². The van der Waals surface area contributed by atoms with E-state index >= 15 is 0 Å². The predicted octanol–water partition coefficient (Wildman–Crippen LogP) is 1.37. The summed E-state index contributed by atoms with van der Waals surface area (Å²) in [4.78, 5) is 13.5. The van der Waals surface area contributed by atoms with Crippen molar-refractivity contribution < 1.29 is 18.3 Å². The summed E-state index contributed by atoms with van der Waals surface area (Å²) in [5, 5.41) is 8.89. The van der Waals surface area contributed by atoms with E-state index in [0.29, 0.717) is 18.0 Å².